The summed E-state index contributed by atoms with van der Waals surface area (Å²) in [5.74, 6) is 3.57. The van der Waals surface area contributed by atoms with Gasteiger partial charge in [-0.1, -0.05) is 106 Å². The molecule has 0 spiro atoms. The molecule has 0 aliphatic carbocycles. The fourth-order valence-corrected chi connectivity index (χ4v) is 2.20. The first-order valence-corrected chi connectivity index (χ1v) is 13.5. The Morgan fingerprint density at radius 2 is 1.26 bits per heavy atom. The SMILES string of the molecule is CBr.CC.CC.CC.COCc1ccccc1.Cc1ccccc1OCCCCCCl. The van der Waals surface area contributed by atoms with E-state index in [1.165, 1.54) is 11.1 Å². The third-order valence-corrected chi connectivity index (χ3v) is 3.55. The van der Waals surface area contributed by atoms with E-state index in [0.717, 1.165) is 37.5 Å². The van der Waals surface area contributed by atoms with Gasteiger partial charge >= 0.3 is 0 Å². The van der Waals surface area contributed by atoms with E-state index >= 15 is 0 Å². The summed E-state index contributed by atoms with van der Waals surface area (Å²) < 4.78 is 10.6. The Balaban J connectivity index is -0.000000185. The molecular formula is C27H48BrClO2. The number of aryl methyl sites for hydroxylation is 1. The lowest BCUT2D eigenvalue weighted by Crippen LogP contribution is -1.98. The van der Waals surface area contributed by atoms with Crippen LogP contribution in [0.15, 0.2) is 54.6 Å². The minimum atomic E-state index is 0.709. The predicted molar refractivity (Wildman–Crippen MR) is 147 cm³/mol. The number of rotatable bonds is 8. The Hall–Kier alpha value is -1.03. The van der Waals surface area contributed by atoms with Crippen LogP contribution < -0.4 is 4.74 Å². The third kappa shape index (κ3) is 26.9. The highest BCUT2D eigenvalue weighted by atomic mass is 79.9. The van der Waals surface area contributed by atoms with Crippen LogP contribution in [0.5, 0.6) is 5.75 Å². The average Bonchev–Trinajstić information content (AvgIpc) is 2.86. The average molecular weight is 520 g/mol. The van der Waals surface area contributed by atoms with Crippen LogP contribution in [-0.4, -0.2) is 25.4 Å². The highest BCUT2D eigenvalue weighted by Crippen LogP contribution is 2.16. The lowest BCUT2D eigenvalue weighted by atomic mass is 10.2. The smallest absolute Gasteiger partial charge is 0.122 e. The molecule has 0 aliphatic rings. The van der Waals surface area contributed by atoms with Crippen molar-refractivity contribution in [1.29, 1.82) is 0 Å². The number of hydrogen-bond acceptors (Lipinski definition) is 2. The van der Waals surface area contributed by atoms with Gasteiger partial charge in [-0.25, -0.2) is 0 Å². The number of unbranched alkanes of at least 4 members (excludes halogenated alkanes) is 2. The van der Waals surface area contributed by atoms with Crippen molar-refractivity contribution in [2.24, 2.45) is 0 Å². The summed E-state index contributed by atoms with van der Waals surface area (Å²) in [5.41, 5.74) is 2.42. The van der Waals surface area contributed by atoms with Crippen molar-refractivity contribution >= 4 is 27.5 Å². The van der Waals surface area contributed by atoms with Crippen molar-refractivity contribution in [2.75, 3.05) is 25.4 Å². The second kappa shape index (κ2) is 36.3. The fraction of sp³-hybridized carbons (Fsp3) is 0.556. The number of methoxy groups -OCH3 is 1. The number of alkyl halides is 2. The molecule has 4 heteroatoms. The highest BCUT2D eigenvalue weighted by Gasteiger charge is 1.96. The normalized spacial score (nSPS) is 8.10. The number of ether oxygens (including phenoxy) is 2. The van der Waals surface area contributed by atoms with E-state index in [-0.39, 0.29) is 0 Å². The van der Waals surface area contributed by atoms with Crippen molar-refractivity contribution < 1.29 is 9.47 Å². The van der Waals surface area contributed by atoms with E-state index < -0.39 is 0 Å². The second-order valence-electron chi connectivity index (χ2n) is 5.28. The maximum atomic E-state index is 5.64. The minimum absolute atomic E-state index is 0.709. The topological polar surface area (TPSA) is 18.5 Å². The first-order valence-electron chi connectivity index (χ1n) is 11.4. The second-order valence-corrected chi connectivity index (χ2v) is 5.66. The first-order chi connectivity index (χ1) is 15.3. The summed E-state index contributed by atoms with van der Waals surface area (Å²) in [6, 6.07) is 18.2. The summed E-state index contributed by atoms with van der Waals surface area (Å²) in [6.07, 6.45) is 3.31. The van der Waals surface area contributed by atoms with Gasteiger partial charge in [0.2, 0.25) is 0 Å². The molecule has 0 saturated heterocycles. The van der Waals surface area contributed by atoms with Gasteiger partial charge in [-0.15, -0.1) is 11.6 Å². The number of benzene rings is 2. The molecule has 0 radical (unpaired) electrons. The molecule has 0 saturated carbocycles. The third-order valence-electron chi connectivity index (χ3n) is 3.28. The monoisotopic (exact) mass is 518 g/mol. The Bertz CT molecular complexity index is 522. The van der Waals surface area contributed by atoms with Crippen LogP contribution in [0.25, 0.3) is 0 Å². The van der Waals surface area contributed by atoms with E-state index in [9.17, 15) is 0 Å². The van der Waals surface area contributed by atoms with Gasteiger partial charge in [0, 0.05) is 13.0 Å². The van der Waals surface area contributed by atoms with E-state index in [4.69, 9.17) is 21.1 Å². The van der Waals surface area contributed by atoms with Gasteiger partial charge in [-0.2, -0.15) is 0 Å². The minimum Gasteiger partial charge on any atom is -0.493 e. The number of hydrogen-bond donors (Lipinski definition) is 0. The standard InChI is InChI=1S/C12H17ClO.C8H10O.3C2H6.CH3Br/c1-11-7-3-4-8-12(11)14-10-6-2-5-9-13;1-9-7-8-5-3-2-4-6-8;4*1-2/h3-4,7-8H,2,5-6,9-10H2,1H3;2-6H,7H2,1H3;3*1-2H3;1H3. The molecule has 2 nitrogen and oxygen atoms in total. The van der Waals surface area contributed by atoms with Crippen molar-refractivity contribution in [2.45, 2.75) is 74.3 Å². The molecule has 2 aromatic carbocycles. The molecule has 0 heterocycles. The van der Waals surface area contributed by atoms with E-state index in [1.807, 2.05) is 95.9 Å². The molecule has 0 aromatic heterocycles. The fourth-order valence-electron chi connectivity index (χ4n) is 2.01. The molecule has 0 aliphatic heterocycles. The summed E-state index contributed by atoms with van der Waals surface area (Å²) in [7, 11) is 1.70. The van der Waals surface area contributed by atoms with Crippen LogP contribution in [0.3, 0.4) is 0 Å². The van der Waals surface area contributed by atoms with Crippen LogP contribution in [0.4, 0.5) is 0 Å². The highest BCUT2D eigenvalue weighted by molar-refractivity contribution is 9.08. The Morgan fingerprint density at radius 3 is 1.74 bits per heavy atom. The zero-order chi connectivity index (χ0) is 24.8. The predicted octanol–water partition coefficient (Wildman–Crippen LogP) is 9.71. The number of para-hydroxylation sites is 1. The lowest BCUT2D eigenvalue weighted by molar-refractivity contribution is 0.185. The quantitative estimate of drug-likeness (QED) is 0.255. The number of halogens is 2. The van der Waals surface area contributed by atoms with Crippen LogP contribution in [-0.2, 0) is 11.3 Å². The molecule has 0 unspecified atom stereocenters. The zero-order valence-corrected chi connectivity index (χ0v) is 23.9. The lowest BCUT2D eigenvalue weighted by Gasteiger charge is -2.07. The van der Waals surface area contributed by atoms with Crippen molar-refractivity contribution in [3.05, 3.63) is 65.7 Å². The Morgan fingerprint density at radius 1 is 0.742 bits per heavy atom. The van der Waals surface area contributed by atoms with Gasteiger partial charge < -0.3 is 9.47 Å². The molecule has 0 fully saturated rings. The maximum absolute atomic E-state index is 5.64. The molecule has 0 bridgehead atoms. The Labute approximate surface area is 207 Å². The van der Waals surface area contributed by atoms with E-state index in [1.54, 1.807) is 7.11 Å². The van der Waals surface area contributed by atoms with Gasteiger partial charge in [0.05, 0.1) is 13.2 Å². The summed E-state index contributed by atoms with van der Waals surface area (Å²) in [6.45, 7) is 15.6. The van der Waals surface area contributed by atoms with Gasteiger partial charge in [0.15, 0.2) is 0 Å². The van der Waals surface area contributed by atoms with Crippen LogP contribution in [0.2, 0.25) is 0 Å². The molecular weight excluding hydrogens is 472 g/mol. The first kappa shape index (κ1) is 37.3. The van der Waals surface area contributed by atoms with E-state index in [2.05, 4.69) is 28.9 Å². The largest absolute Gasteiger partial charge is 0.493 e. The van der Waals surface area contributed by atoms with Crippen LogP contribution >= 0.6 is 27.5 Å². The summed E-state index contributed by atoms with van der Waals surface area (Å²) in [4.78, 5) is 0. The molecule has 182 valence electrons. The van der Waals surface area contributed by atoms with Gasteiger partial charge in [-0.05, 0) is 49.2 Å². The van der Waals surface area contributed by atoms with E-state index in [0.29, 0.717) is 6.61 Å². The summed E-state index contributed by atoms with van der Waals surface area (Å²) in [5, 5.41) is 0. The van der Waals surface area contributed by atoms with Crippen molar-refractivity contribution in [1.82, 2.24) is 0 Å². The van der Waals surface area contributed by atoms with Gasteiger partial charge in [0.25, 0.3) is 0 Å². The molecule has 0 amide bonds. The van der Waals surface area contributed by atoms with Crippen molar-refractivity contribution in [3.63, 3.8) is 0 Å². The van der Waals surface area contributed by atoms with Crippen LogP contribution in [0.1, 0.15) is 71.9 Å². The summed E-state index contributed by atoms with van der Waals surface area (Å²) >= 11 is 8.52. The molecule has 31 heavy (non-hydrogen) atoms. The maximum Gasteiger partial charge on any atom is 0.122 e. The molecule has 0 N–H and O–H groups in total. The zero-order valence-electron chi connectivity index (χ0n) is 21.5. The Kier molecular flexibility index (Phi) is 43.7. The van der Waals surface area contributed by atoms with Gasteiger partial charge in [-0.3, -0.25) is 0 Å². The van der Waals surface area contributed by atoms with Crippen LogP contribution in [0, 0.1) is 6.92 Å². The molecule has 0 atom stereocenters. The molecule has 2 rings (SSSR count). The van der Waals surface area contributed by atoms with Crippen molar-refractivity contribution in [3.8, 4) is 5.75 Å². The van der Waals surface area contributed by atoms with Gasteiger partial charge in [0.1, 0.15) is 5.75 Å². The molecule has 2 aromatic rings.